The summed E-state index contributed by atoms with van der Waals surface area (Å²) in [5, 5.41) is 5.84. The Morgan fingerprint density at radius 3 is 2.82 bits per heavy atom. The summed E-state index contributed by atoms with van der Waals surface area (Å²) in [6.07, 6.45) is 5.11. The lowest BCUT2D eigenvalue weighted by Crippen LogP contribution is -2.07. The molecule has 0 aliphatic rings. The van der Waals surface area contributed by atoms with Gasteiger partial charge in [0.25, 0.3) is 0 Å². The molecule has 0 aliphatic carbocycles. The fraction of sp³-hybridized carbons (Fsp3) is 0.190. The second-order valence-corrected chi connectivity index (χ2v) is 6.96. The molecular formula is C21H20ClN5O. The summed E-state index contributed by atoms with van der Waals surface area (Å²) >= 11 is 6.30. The van der Waals surface area contributed by atoms with E-state index >= 15 is 0 Å². The number of pyridine rings is 2. The van der Waals surface area contributed by atoms with Crippen molar-refractivity contribution in [2.45, 2.75) is 20.1 Å². The number of nitrogens with zero attached hydrogens (tertiary/aromatic N) is 4. The Morgan fingerprint density at radius 1 is 1.21 bits per heavy atom. The van der Waals surface area contributed by atoms with Crippen LogP contribution in [-0.4, -0.2) is 19.7 Å². The van der Waals surface area contributed by atoms with E-state index in [9.17, 15) is 0 Å². The van der Waals surface area contributed by atoms with Gasteiger partial charge < -0.3 is 10.5 Å². The number of hydrogen-bond acceptors (Lipinski definition) is 5. The van der Waals surface area contributed by atoms with E-state index in [-0.39, 0.29) is 0 Å². The van der Waals surface area contributed by atoms with Gasteiger partial charge in [0.05, 0.1) is 10.7 Å². The van der Waals surface area contributed by atoms with Gasteiger partial charge in [-0.3, -0.25) is 9.67 Å². The SMILES string of the molecule is Cc1cc(-c2ccnn2C)c2cccc(OCc3c(Cl)cncc3CN)c2n1. The monoisotopic (exact) mass is 393 g/mol. The summed E-state index contributed by atoms with van der Waals surface area (Å²) < 4.78 is 7.99. The van der Waals surface area contributed by atoms with Crippen LogP contribution in [0.1, 0.15) is 16.8 Å². The van der Waals surface area contributed by atoms with Crippen LogP contribution in [0.2, 0.25) is 5.02 Å². The van der Waals surface area contributed by atoms with Crippen LogP contribution in [0.15, 0.2) is 48.9 Å². The van der Waals surface area contributed by atoms with Crippen molar-refractivity contribution >= 4 is 22.5 Å². The van der Waals surface area contributed by atoms with Crippen LogP contribution < -0.4 is 10.5 Å². The molecule has 2 N–H and O–H groups in total. The number of nitrogens with two attached hydrogens (primary N) is 1. The highest BCUT2D eigenvalue weighted by Crippen LogP contribution is 2.33. The lowest BCUT2D eigenvalue weighted by atomic mass is 10.0. The van der Waals surface area contributed by atoms with E-state index in [0.717, 1.165) is 39.0 Å². The van der Waals surface area contributed by atoms with Gasteiger partial charge in [0, 0.05) is 54.4 Å². The molecule has 0 aliphatic heterocycles. The lowest BCUT2D eigenvalue weighted by Gasteiger charge is -2.14. The molecule has 0 radical (unpaired) electrons. The van der Waals surface area contributed by atoms with Crippen molar-refractivity contribution in [3.8, 4) is 17.0 Å². The smallest absolute Gasteiger partial charge is 0.146 e. The minimum Gasteiger partial charge on any atom is -0.487 e. The van der Waals surface area contributed by atoms with Crippen LogP contribution >= 0.6 is 11.6 Å². The third kappa shape index (κ3) is 3.32. The van der Waals surface area contributed by atoms with Gasteiger partial charge in [-0.1, -0.05) is 23.7 Å². The Balaban J connectivity index is 1.77. The topological polar surface area (TPSA) is 78.8 Å². The molecule has 3 heterocycles. The zero-order valence-electron chi connectivity index (χ0n) is 15.7. The van der Waals surface area contributed by atoms with Crippen LogP contribution in [0.5, 0.6) is 5.75 Å². The zero-order valence-corrected chi connectivity index (χ0v) is 16.4. The van der Waals surface area contributed by atoms with Crippen molar-refractivity contribution in [2.75, 3.05) is 0 Å². The summed E-state index contributed by atoms with van der Waals surface area (Å²) in [7, 11) is 1.93. The molecule has 142 valence electrons. The van der Waals surface area contributed by atoms with Crippen molar-refractivity contribution < 1.29 is 4.74 Å². The van der Waals surface area contributed by atoms with E-state index in [1.54, 1.807) is 18.6 Å². The van der Waals surface area contributed by atoms with Gasteiger partial charge >= 0.3 is 0 Å². The molecule has 0 unspecified atom stereocenters. The van der Waals surface area contributed by atoms with Crippen molar-refractivity contribution in [1.82, 2.24) is 19.7 Å². The Hall–Kier alpha value is -2.96. The number of aryl methyl sites for hydroxylation is 2. The normalized spacial score (nSPS) is 11.1. The third-order valence-electron chi connectivity index (χ3n) is 4.71. The van der Waals surface area contributed by atoms with Crippen LogP contribution in [-0.2, 0) is 20.2 Å². The van der Waals surface area contributed by atoms with Crippen LogP contribution in [0.4, 0.5) is 0 Å². The molecule has 0 fully saturated rings. The van der Waals surface area contributed by atoms with Gasteiger partial charge in [0.1, 0.15) is 17.9 Å². The number of para-hydroxylation sites is 1. The number of hydrogen-bond donors (Lipinski definition) is 1. The molecule has 0 spiro atoms. The number of benzene rings is 1. The fourth-order valence-electron chi connectivity index (χ4n) is 3.31. The summed E-state index contributed by atoms with van der Waals surface area (Å²) in [6, 6.07) is 9.98. The molecule has 4 rings (SSSR count). The predicted molar refractivity (Wildman–Crippen MR) is 110 cm³/mol. The van der Waals surface area contributed by atoms with Crippen molar-refractivity contribution in [3.63, 3.8) is 0 Å². The van der Waals surface area contributed by atoms with Gasteiger partial charge in [0.15, 0.2) is 0 Å². The Bertz CT molecular complexity index is 1150. The summed E-state index contributed by atoms with van der Waals surface area (Å²) in [6.45, 7) is 2.62. The van der Waals surface area contributed by atoms with Gasteiger partial charge in [-0.15, -0.1) is 0 Å². The predicted octanol–water partition coefficient (Wildman–Crippen LogP) is 4.03. The molecule has 6 nitrogen and oxygen atoms in total. The second-order valence-electron chi connectivity index (χ2n) is 6.56. The Labute approximate surface area is 167 Å². The molecule has 1 aromatic carbocycles. The highest BCUT2D eigenvalue weighted by Gasteiger charge is 2.14. The number of rotatable bonds is 5. The van der Waals surface area contributed by atoms with E-state index in [2.05, 4.69) is 16.1 Å². The van der Waals surface area contributed by atoms with E-state index < -0.39 is 0 Å². The van der Waals surface area contributed by atoms with E-state index in [4.69, 9.17) is 27.1 Å². The van der Waals surface area contributed by atoms with Gasteiger partial charge in [-0.05, 0) is 30.7 Å². The van der Waals surface area contributed by atoms with Gasteiger partial charge in [-0.25, -0.2) is 4.98 Å². The molecule has 0 saturated carbocycles. The lowest BCUT2D eigenvalue weighted by molar-refractivity contribution is 0.308. The highest BCUT2D eigenvalue weighted by molar-refractivity contribution is 6.31. The molecule has 0 amide bonds. The molecule has 3 aromatic heterocycles. The molecule has 0 bridgehead atoms. The standard InChI is InChI=1S/C21H20ClN5O/c1-13-8-16(19-6-7-25-27(19)2)15-4-3-5-20(21(15)26-13)28-12-17-14(9-23)10-24-11-18(17)22/h3-8,10-11H,9,12,23H2,1-2H3. The number of fused-ring (bicyclic) bond motifs is 1. The number of aromatic nitrogens is 4. The maximum Gasteiger partial charge on any atom is 0.146 e. The van der Waals surface area contributed by atoms with E-state index in [0.29, 0.717) is 23.9 Å². The van der Waals surface area contributed by atoms with Crippen molar-refractivity contribution in [1.29, 1.82) is 0 Å². The van der Waals surface area contributed by atoms with E-state index in [1.807, 2.05) is 42.9 Å². The summed E-state index contributed by atoms with van der Waals surface area (Å²) in [5.41, 5.74) is 11.3. The molecule has 4 aromatic rings. The minimum atomic E-state index is 0.295. The summed E-state index contributed by atoms with van der Waals surface area (Å²) in [4.78, 5) is 8.82. The minimum absolute atomic E-state index is 0.295. The first-order valence-electron chi connectivity index (χ1n) is 8.91. The molecule has 0 atom stereocenters. The second kappa shape index (κ2) is 7.58. The Morgan fingerprint density at radius 2 is 2.07 bits per heavy atom. The van der Waals surface area contributed by atoms with Crippen molar-refractivity contribution in [3.05, 3.63) is 70.8 Å². The first-order valence-corrected chi connectivity index (χ1v) is 9.29. The van der Waals surface area contributed by atoms with Gasteiger partial charge in [-0.2, -0.15) is 5.10 Å². The average molecular weight is 394 g/mol. The summed E-state index contributed by atoms with van der Waals surface area (Å²) in [5.74, 6) is 0.695. The third-order valence-corrected chi connectivity index (χ3v) is 5.04. The zero-order chi connectivity index (χ0) is 19.7. The first-order chi connectivity index (χ1) is 13.6. The van der Waals surface area contributed by atoms with E-state index in [1.165, 1.54) is 0 Å². The van der Waals surface area contributed by atoms with Crippen LogP contribution in [0.25, 0.3) is 22.2 Å². The fourth-order valence-corrected chi connectivity index (χ4v) is 3.54. The Kier molecular flexibility index (Phi) is 4.98. The highest BCUT2D eigenvalue weighted by atomic mass is 35.5. The average Bonchev–Trinajstić information content (AvgIpc) is 3.12. The maximum atomic E-state index is 6.30. The molecular weight excluding hydrogens is 374 g/mol. The number of ether oxygens (including phenoxy) is 1. The molecule has 7 heteroatoms. The van der Waals surface area contributed by atoms with Crippen LogP contribution in [0.3, 0.4) is 0 Å². The van der Waals surface area contributed by atoms with Gasteiger partial charge in [0.2, 0.25) is 0 Å². The first kappa shape index (κ1) is 18.4. The molecule has 0 saturated heterocycles. The van der Waals surface area contributed by atoms with Crippen molar-refractivity contribution in [2.24, 2.45) is 12.8 Å². The largest absolute Gasteiger partial charge is 0.487 e. The quantitative estimate of drug-likeness (QED) is 0.553. The molecule has 28 heavy (non-hydrogen) atoms. The maximum absolute atomic E-state index is 6.30. The van der Waals surface area contributed by atoms with Crippen LogP contribution in [0, 0.1) is 6.92 Å². The number of halogens is 1.